The molecule has 9 aromatic rings. The van der Waals surface area contributed by atoms with Crippen molar-refractivity contribution < 1.29 is 0 Å². The Morgan fingerprint density at radius 2 is 0.609 bits per heavy atom. The first-order valence-electron chi connectivity index (χ1n) is 24.9. The first-order valence-corrected chi connectivity index (χ1v) is 24.9. The van der Waals surface area contributed by atoms with E-state index in [-0.39, 0.29) is 16.2 Å². The maximum atomic E-state index is 2.55. The zero-order chi connectivity index (χ0) is 47.7. The number of rotatable bonds is 5. The lowest BCUT2D eigenvalue weighted by molar-refractivity contribution is 0.586. The number of nitrogens with zero attached hydrogens (tertiary/aromatic N) is 1. The molecule has 1 nitrogen and oxygen atoms in total. The van der Waals surface area contributed by atoms with E-state index in [1.807, 2.05) is 0 Å². The van der Waals surface area contributed by atoms with Gasteiger partial charge >= 0.3 is 0 Å². The van der Waals surface area contributed by atoms with E-state index < -0.39 is 10.8 Å². The average Bonchev–Trinajstić information content (AvgIpc) is 3.93. The molecule has 0 aromatic heterocycles. The normalized spacial score (nSPS) is 16.1. The minimum atomic E-state index is -0.543. The van der Waals surface area contributed by atoms with Crippen molar-refractivity contribution in [2.24, 2.45) is 0 Å². The SMILES string of the molecule is CC(C)(C)c1ccc(C2(c3ccccc3)c3ccccc3-c3ccc(N(c4ccccc4)c4ccc5c(c4)C4(c6ccccc6-5)c5cc(C(C)(C)C)ccc5-c5ccc(C(C)(C)C)cc54)cc32)cc1. The molecule has 0 aliphatic heterocycles. The molecule has 338 valence electrons. The number of fused-ring (bicyclic) bond motifs is 13. The van der Waals surface area contributed by atoms with Crippen LogP contribution in [-0.4, -0.2) is 0 Å². The molecule has 69 heavy (non-hydrogen) atoms. The minimum absolute atomic E-state index is 0.0225. The number of anilines is 3. The Balaban J connectivity index is 1.13. The molecule has 0 fully saturated rings. The maximum absolute atomic E-state index is 2.55. The summed E-state index contributed by atoms with van der Waals surface area (Å²) in [7, 11) is 0. The molecule has 12 rings (SSSR count). The van der Waals surface area contributed by atoms with Crippen molar-refractivity contribution in [3.63, 3.8) is 0 Å². The molecule has 1 heteroatoms. The maximum Gasteiger partial charge on any atom is 0.0726 e. The Bertz CT molecular complexity index is 3420. The van der Waals surface area contributed by atoms with Gasteiger partial charge in [0, 0.05) is 17.1 Å². The van der Waals surface area contributed by atoms with E-state index in [0.29, 0.717) is 0 Å². The van der Waals surface area contributed by atoms with E-state index in [0.717, 1.165) is 17.1 Å². The van der Waals surface area contributed by atoms with Gasteiger partial charge in [0.05, 0.1) is 10.8 Å². The van der Waals surface area contributed by atoms with Gasteiger partial charge in [-0.15, -0.1) is 0 Å². The molecule has 0 saturated heterocycles. The number of para-hydroxylation sites is 1. The number of hydrogen-bond donors (Lipinski definition) is 0. The van der Waals surface area contributed by atoms with Crippen molar-refractivity contribution in [2.45, 2.75) is 89.4 Å². The van der Waals surface area contributed by atoms with Crippen LogP contribution in [0, 0.1) is 0 Å². The summed E-state index contributed by atoms with van der Waals surface area (Å²) < 4.78 is 0. The van der Waals surface area contributed by atoms with Gasteiger partial charge in [0.15, 0.2) is 0 Å². The third-order valence-corrected chi connectivity index (χ3v) is 15.8. The molecule has 1 spiro atoms. The van der Waals surface area contributed by atoms with Gasteiger partial charge in [-0.05, 0) is 147 Å². The van der Waals surface area contributed by atoms with Gasteiger partial charge in [-0.2, -0.15) is 0 Å². The van der Waals surface area contributed by atoms with E-state index in [1.54, 1.807) is 0 Å². The van der Waals surface area contributed by atoms with Crippen molar-refractivity contribution in [2.75, 3.05) is 4.90 Å². The molecule has 3 aliphatic carbocycles. The second kappa shape index (κ2) is 15.1. The van der Waals surface area contributed by atoms with Crippen molar-refractivity contribution in [3.05, 3.63) is 267 Å². The van der Waals surface area contributed by atoms with Crippen LogP contribution >= 0.6 is 0 Å². The number of benzene rings is 9. The Hall–Kier alpha value is -7.22. The van der Waals surface area contributed by atoms with Crippen molar-refractivity contribution >= 4 is 17.1 Å². The summed E-state index contributed by atoms with van der Waals surface area (Å²) in [5, 5.41) is 0. The van der Waals surface area contributed by atoms with Crippen LogP contribution in [0.2, 0.25) is 0 Å². The van der Waals surface area contributed by atoms with Crippen LogP contribution in [0.1, 0.15) is 124 Å². The Kier molecular flexibility index (Phi) is 9.45. The second-order valence-electron chi connectivity index (χ2n) is 22.9. The van der Waals surface area contributed by atoms with E-state index in [2.05, 4.69) is 273 Å². The molecule has 0 bridgehead atoms. The highest BCUT2D eigenvalue weighted by molar-refractivity contribution is 5.97. The molecule has 0 amide bonds. The average molecular weight is 892 g/mol. The molecular formula is C68H61N. The van der Waals surface area contributed by atoms with Gasteiger partial charge in [-0.25, -0.2) is 0 Å². The van der Waals surface area contributed by atoms with Crippen LogP contribution in [-0.2, 0) is 27.1 Å². The summed E-state index contributed by atoms with van der Waals surface area (Å²) in [4.78, 5) is 2.51. The van der Waals surface area contributed by atoms with Crippen molar-refractivity contribution in [3.8, 4) is 33.4 Å². The molecule has 0 heterocycles. The second-order valence-corrected chi connectivity index (χ2v) is 22.9. The lowest BCUT2D eigenvalue weighted by Gasteiger charge is -2.36. The Labute approximate surface area is 410 Å². The summed E-state index contributed by atoms with van der Waals surface area (Å²) in [5.74, 6) is 0. The van der Waals surface area contributed by atoms with Gasteiger partial charge < -0.3 is 4.90 Å². The zero-order valence-electron chi connectivity index (χ0n) is 41.6. The van der Waals surface area contributed by atoms with Crippen molar-refractivity contribution in [1.29, 1.82) is 0 Å². The van der Waals surface area contributed by atoms with E-state index in [9.17, 15) is 0 Å². The predicted octanol–water partition coefficient (Wildman–Crippen LogP) is 17.8. The first-order chi connectivity index (χ1) is 33.1. The third kappa shape index (κ3) is 6.29. The van der Waals surface area contributed by atoms with E-state index in [1.165, 1.54) is 94.6 Å². The standard InChI is InChI=1S/C68H61N/c1-64(2,3)44-28-30-46(31-29-44)67(45-20-12-10-13-21-45)58-26-18-16-24-52(58)56-38-34-50(42-62(56)67)69(49-22-14-11-15-23-49)51-35-39-57-53-25-17-19-27-59(53)68(63(57)43-51)60-40-47(65(4,5)6)32-36-54(60)55-37-33-48(41-61(55)68)66(7,8)9/h10-43H,1-9H3. The zero-order valence-corrected chi connectivity index (χ0v) is 41.6. The molecule has 0 saturated carbocycles. The Morgan fingerprint density at radius 3 is 1.09 bits per heavy atom. The summed E-state index contributed by atoms with van der Waals surface area (Å²) in [6.07, 6.45) is 0. The highest BCUT2D eigenvalue weighted by Gasteiger charge is 2.53. The molecule has 1 atom stereocenters. The topological polar surface area (TPSA) is 3.24 Å². The largest absolute Gasteiger partial charge is 0.310 e. The van der Waals surface area contributed by atoms with E-state index >= 15 is 0 Å². The van der Waals surface area contributed by atoms with Crippen LogP contribution in [0.15, 0.2) is 206 Å². The van der Waals surface area contributed by atoms with Crippen LogP contribution in [0.4, 0.5) is 17.1 Å². The minimum Gasteiger partial charge on any atom is -0.310 e. The molecule has 0 N–H and O–H groups in total. The highest BCUT2D eigenvalue weighted by Crippen LogP contribution is 2.64. The van der Waals surface area contributed by atoms with Crippen molar-refractivity contribution in [1.82, 2.24) is 0 Å². The molecule has 3 aliphatic rings. The fraction of sp³-hybridized carbons (Fsp3) is 0.206. The van der Waals surface area contributed by atoms with E-state index in [4.69, 9.17) is 0 Å². The highest BCUT2D eigenvalue weighted by atomic mass is 15.1. The van der Waals surface area contributed by atoms with Gasteiger partial charge in [0.2, 0.25) is 0 Å². The molecule has 0 radical (unpaired) electrons. The first kappa shape index (κ1) is 43.1. The summed E-state index contributed by atoms with van der Waals surface area (Å²) >= 11 is 0. The van der Waals surface area contributed by atoms with Crippen LogP contribution in [0.3, 0.4) is 0 Å². The monoisotopic (exact) mass is 891 g/mol. The fourth-order valence-corrected chi connectivity index (χ4v) is 12.4. The lowest BCUT2D eigenvalue weighted by atomic mass is 9.67. The molecular weight excluding hydrogens is 831 g/mol. The number of hydrogen-bond acceptors (Lipinski definition) is 1. The smallest absolute Gasteiger partial charge is 0.0726 e. The fourth-order valence-electron chi connectivity index (χ4n) is 12.4. The van der Waals surface area contributed by atoms with Gasteiger partial charge in [0.25, 0.3) is 0 Å². The Morgan fingerprint density at radius 1 is 0.261 bits per heavy atom. The van der Waals surface area contributed by atoms with Crippen LogP contribution < -0.4 is 4.90 Å². The third-order valence-electron chi connectivity index (χ3n) is 15.8. The van der Waals surface area contributed by atoms with Crippen LogP contribution in [0.25, 0.3) is 33.4 Å². The van der Waals surface area contributed by atoms with Gasteiger partial charge in [-0.1, -0.05) is 232 Å². The summed E-state index contributed by atoms with van der Waals surface area (Å²) in [5.41, 5.74) is 24.8. The predicted molar refractivity (Wildman–Crippen MR) is 291 cm³/mol. The van der Waals surface area contributed by atoms with Crippen LogP contribution in [0.5, 0.6) is 0 Å². The lowest BCUT2D eigenvalue weighted by Crippen LogP contribution is -2.29. The van der Waals surface area contributed by atoms with Gasteiger partial charge in [-0.3, -0.25) is 0 Å². The summed E-state index contributed by atoms with van der Waals surface area (Å²) in [6, 6.07) is 79.3. The quantitative estimate of drug-likeness (QED) is 0.166. The summed E-state index contributed by atoms with van der Waals surface area (Å²) in [6.45, 7) is 21.0. The molecule has 1 unspecified atom stereocenters. The molecule has 9 aromatic carbocycles. The van der Waals surface area contributed by atoms with Gasteiger partial charge in [0.1, 0.15) is 0 Å².